The summed E-state index contributed by atoms with van der Waals surface area (Å²) in [7, 11) is -2.58. The Morgan fingerprint density at radius 1 is 0.968 bits per heavy atom. The third kappa shape index (κ3) is 5.22. The number of methoxy groups -OCH3 is 1. The van der Waals surface area contributed by atoms with Gasteiger partial charge in [0.1, 0.15) is 0 Å². The van der Waals surface area contributed by atoms with Crippen molar-refractivity contribution in [1.29, 1.82) is 0 Å². The zero-order valence-electron chi connectivity index (χ0n) is 16.7. The Morgan fingerprint density at radius 3 is 2.35 bits per heavy atom. The summed E-state index contributed by atoms with van der Waals surface area (Å²) >= 11 is 5.99. The van der Waals surface area contributed by atoms with Crippen LogP contribution in [0.25, 0.3) is 0 Å². The monoisotopic (exact) mass is 458 g/mol. The molecular formula is C22H19ClN2O5S. The summed E-state index contributed by atoms with van der Waals surface area (Å²) in [5.74, 6) is -1.12. The van der Waals surface area contributed by atoms with Crippen LogP contribution in [0.4, 0.5) is 11.4 Å². The maximum absolute atomic E-state index is 12.7. The molecule has 0 bridgehead atoms. The number of sulfonamides is 1. The Hall–Kier alpha value is -3.36. The Kier molecular flexibility index (Phi) is 6.62. The maximum atomic E-state index is 12.7. The van der Waals surface area contributed by atoms with Crippen molar-refractivity contribution in [1.82, 2.24) is 0 Å². The fraction of sp³-hybridized carbons (Fsp3) is 0.0909. The molecule has 0 radical (unpaired) electrons. The minimum absolute atomic E-state index is 0.112. The van der Waals surface area contributed by atoms with E-state index in [4.69, 9.17) is 11.6 Å². The van der Waals surface area contributed by atoms with E-state index in [2.05, 4.69) is 14.8 Å². The van der Waals surface area contributed by atoms with Crippen molar-refractivity contribution in [2.75, 3.05) is 17.1 Å². The number of hydrogen-bond donors (Lipinski definition) is 2. The molecule has 1 amide bonds. The Morgan fingerprint density at radius 2 is 1.68 bits per heavy atom. The van der Waals surface area contributed by atoms with E-state index >= 15 is 0 Å². The van der Waals surface area contributed by atoms with Gasteiger partial charge in [0.15, 0.2) is 0 Å². The van der Waals surface area contributed by atoms with E-state index in [0.29, 0.717) is 11.3 Å². The number of rotatable bonds is 6. The number of amides is 1. The molecule has 3 aromatic rings. The molecule has 160 valence electrons. The lowest BCUT2D eigenvalue weighted by molar-refractivity contribution is 0.0600. The lowest BCUT2D eigenvalue weighted by Crippen LogP contribution is -2.16. The van der Waals surface area contributed by atoms with Gasteiger partial charge in [-0.05, 0) is 55.0 Å². The van der Waals surface area contributed by atoms with Gasteiger partial charge in [-0.15, -0.1) is 0 Å². The van der Waals surface area contributed by atoms with E-state index in [9.17, 15) is 18.0 Å². The first-order valence-corrected chi connectivity index (χ1v) is 10.9. The molecule has 3 rings (SSSR count). The SMILES string of the molecule is COC(=O)c1cc(NC(=O)c2ccc(C)c(NS(=O)(=O)c3ccccc3)c2)ccc1Cl. The average molecular weight is 459 g/mol. The van der Waals surface area contributed by atoms with Crippen LogP contribution in [0.1, 0.15) is 26.3 Å². The second kappa shape index (κ2) is 9.20. The Balaban J connectivity index is 1.85. The fourth-order valence-corrected chi connectivity index (χ4v) is 4.09. The van der Waals surface area contributed by atoms with Gasteiger partial charge in [0.05, 0.1) is 28.3 Å². The van der Waals surface area contributed by atoms with Crippen molar-refractivity contribution in [3.8, 4) is 0 Å². The number of carbonyl (C=O) groups excluding carboxylic acids is 2. The summed E-state index contributed by atoms with van der Waals surface area (Å²) in [5.41, 5.74) is 1.60. The average Bonchev–Trinajstić information content (AvgIpc) is 2.76. The van der Waals surface area contributed by atoms with Crippen LogP contribution >= 0.6 is 11.6 Å². The van der Waals surface area contributed by atoms with E-state index in [1.165, 1.54) is 37.4 Å². The van der Waals surface area contributed by atoms with Crippen LogP contribution in [0.15, 0.2) is 71.6 Å². The molecule has 3 aromatic carbocycles. The molecule has 0 heterocycles. The molecule has 0 spiro atoms. The van der Waals surface area contributed by atoms with Gasteiger partial charge in [-0.25, -0.2) is 13.2 Å². The molecule has 0 unspecified atom stereocenters. The van der Waals surface area contributed by atoms with Crippen LogP contribution < -0.4 is 10.0 Å². The Labute approximate surface area is 185 Å². The smallest absolute Gasteiger partial charge is 0.339 e. The molecule has 31 heavy (non-hydrogen) atoms. The van der Waals surface area contributed by atoms with Crippen LogP contribution in [0.2, 0.25) is 5.02 Å². The fourth-order valence-electron chi connectivity index (χ4n) is 2.75. The topological polar surface area (TPSA) is 102 Å². The van der Waals surface area contributed by atoms with Gasteiger partial charge in [0, 0.05) is 11.3 Å². The third-order valence-corrected chi connectivity index (χ3v) is 6.14. The van der Waals surface area contributed by atoms with Gasteiger partial charge in [-0.3, -0.25) is 9.52 Å². The second-order valence-corrected chi connectivity index (χ2v) is 8.68. The largest absolute Gasteiger partial charge is 0.465 e. The first kappa shape index (κ1) is 22.3. The molecule has 0 saturated heterocycles. The van der Waals surface area contributed by atoms with Crippen LogP contribution in [0.3, 0.4) is 0 Å². The molecule has 0 aromatic heterocycles. The van der Waals surface area contributed by atoms with Crippen LogP contribution in [0, 0.1) is 6.92 Å². The van der Waals surface area contributed by atoms with Gasteiger partial charge in [0.2, 0.25) is 0 Å². The quantitative estimate of drug-likeness (QED) is 0.530. The van der Waals surface area contributed by atoms with E-state index in [1.54, 1.807) is 43.3 Å². The highest BCUT2D eigenvalue weighted by atomic mass is 35.5. The standard InChI is InChI=1S/C22H19ClN2O5S/c1-14-8-9-15(12-20(14)25-31(28,29)17-6-4-3-5-7-17)21(26)24-16-10-11-19(23)18(13-16)22(27)30-2/h3-13,25H,1-2H3,(H,24,26). The molecule has 9 heteroatoms. The predicted molar refractivity (Wildman–Crippen MR) is 119 cm³/mol. The van der Waals surface area contributed by atoms with Crippen molar-refractivity contribution < 1.29 is 22.7 Å². The summed E-state index contributed by atoms with van der Waals surface area (Å²) in [6.45, 7) is 1.73. The van der Waals surface area contributed by atoms with Crippen LogP contribution in [-0.2, 0) is 14.8 Å². The van der Waals surface area contributed by atoms with Crippen molar-refractivity contribution in [3.63, 3.8) is 0 Å². The number of benzene rings is 3. The summed E-state index contributed by atoms with van der Waals surface area (Å²) in [5, 5.41) is 2.86. The molecule has 0 saturated carbocycles. The molecule has 2 N–H and O–H groups in total. The normalized spacial score (nSPS) is 10.9. The lowest BCUT2D eigenvalue weighted by atomic mass is 10.1. The number of ether oxygens (including phenoxy) is 1. The van der Waals surface area contributed by atoms with Crippen molar-refractivity contribution >= 4 is 44.9 Å². The van der Waals surface area contributed by atoms with Crippen LogP contribution in [0.5, 0.6) is 0 Å². The number of halogens is 1. The third-order valence-electron chi connectivity index (χ3n) is 4.43. The van der Waals surface area contributed by atoms with Gasteiger partial charge in [-0.2, -0.15) is 0 Å². The Bertz CT molecular complexity index is 1240. The highest BCUT2D eigenvalue weighted by molar-refractivity contribution is 7.92. The molecule has 0 atom stereocenters. The maximum Gasteiger partial charge on any atom is 0.339 e. The van der Waals surface area contributed by atoms with E-state index in [0.717, 1.165) is 0 Å². The molecule has 0 aliphatic rings. The zero-order valence-corrected chi connectivity index (χ0v) is 18.3. The van der Waals surface area contributed by atoms with Gasteiger partial charge in [-0.1, -0.05) is 35.9 Å². The second-order valence-electron chi connectivity index (χ2n) is 6.59. The van der Waals surface area contributed by atoms with Gasteiger partial charge < -0.3 is 10.1 Å². The van der Waals surface area contributed by atoms with Gasteiger partial charge >= 0.3 is 5.97 Å². The van der Waals surface area contributed by atoms with Crippen molar-refractivity contribution in [2.24, 2.45) is 0 Å². The van der Waals surface area contributed by atoms with E-state index in [-0.39, 0.29) is 26.7 Å². The van der Waals surface area contributed by atoms with E-state index < -0.39 is 21.9 Å². The molecular weight excluding hydrogens is 440 g/mol. The summed E-state index contributed by atoms with van der Waals surface area (Å²) in [4.78, 5) is 24.6. The lowest BCUT2D eigenvalue weighted by Gasteiger charge is -2.13. The number of carbonyl (C=O) groups is 2. The molecule has 7 nitrogen and oxygen atoms in total. The minimum Gasteiger partial charge on any atom is -0.465 e. The van der Waals surface area contributed by atoms with Gasteiger partial charge in [0.25, 0.3) is 15.9 Å². The minimum atomic E-state index is -3.81. The molecule has 0 aliphatic carbocycles. The summed E-state index contributed by atoms with van der Waals surface area (Å²) in [6, 6.07) is 17.0. The number of anilines is 2. The molecule has 0 aliphatic heterocycles. The zero-order chi connectivity index (χ0) is 22.6. The summed E-state index contributed by atoms with van der Waals surface area (Å²) in [6.07, 6.45) is 0. The number of nitrogens with one attached hydrogen (secondary N) is 2. The summed E-state index contributed by atoms with van der Waals surface area (Å²) < 4.78 is 32.4. The highest BCUT2D eigenvalue weighted by Crippen LogP contribution is 2.24. The number of hydrogen-bond acceptors (Lipinski definition) is 5. The molecule has 0 fully saturated rings. The highest BCUT2D eigenvalue weighted by Gasteiger charge is 2.17. The van der Waals surface area contributed by atoms with E-state index in [1.807, 2.05) is 0 Å². The van der Waals surface area contributed by atoms with Crippen LogP contribution in [-0.4, -0.2) is 27.4 Å². The number of esters is 1. The van der Waals surface area contributed by atoms with Crippen molar-refractivity contribution in [2.45, 2.75) is 11.8 Å². The predicted octanol–water partition coefficient (Wildman–Crippen LogP) is 4.49. The van der Waals surface area contributed by atoms with Crippen molar-refractivity contribution in [3.05, 3.63) is 88.4 Å². The number of aryl methyl sites for hydroxylation is 1. The first-order valence-electron chi connectivity index (χ1n) is 9.09. The first-order chi connectivity index (χ1) is 14.7.